The average molecular weight is 325 g/mol. The van der Waals surface area contributed by atoms with E-state index in [0.717, 1.165) is 32.1 Å². The summed E-state index contributed by atoms with van der Waals surface area (Å²) >= 11 is 0. The molecule has 1 aromatic rings. The third-order valence-corrected chi connectivity index (χ3v) is 4.78. The molecule has 1 aliphatic carbocycles. The first kappa shape index (κ1) is 19.0. The monoisotopic (exact) mass is 324 g/mol. The Bertz CT molecular complexity index is 484. The van der Waals surface area contributed by atoms with Crippen molar-refractivity contribution in [3.63, 3.8) is 0 Å². The van der Waals surface area contributed by atoms with Crippen LogP contribution in [-0.2, 0) is 17.8 Å². The summed E-state index contributed by atoms with van der Waals surface area (Å²) in [4.78, 5) is 14.5. The third kappa shape index (κ3) is 4.47. The van der Waals surface area contributed by atoms with Gasteiger partial charge in [-0.05, 0) is 37.3 Å². The van der Waals surface area contributed by atoms with Gasteiger partial charge >= 0.3 is 0 Å². The second-order valence-electron chi connectivity index (χ2n) is 6.67. The standard InChI is InChI=1S/C18H28N2O.ClH/c1-4-14-8-10-15(11-9-14)13-20(3)17(21)16-7-5-6-12-18(16,2)19;/h8-11,16H,4-7,12-13,19H2,1-3H3;1H. The highest BCUT2D eigenvalue weighted by atomic mass is 35.5. The van der Waals surface area contributed by atoms with Gasteiger partial charge in [0.15, 0.2) is 0 Å². The topological polar surface area (TPSA) is 46.3 Å². The summed E-state index contributed by atoms with van der Waals surface area (Å²) in [6.45, 7) is 4.84. The molecule has 3 nitrogen and oxygen atoms in total. The van der Waals surface area contributed by atoms with E-state index in [4.69, 9.17) is 5.73 Å². The molecular weight excluding hydrogens is 296 g/mol. The van der Waals surface area contributed by atoms with Crippen LogP contribution in [0.4, 0.5) is 0 Å². The molecule has 2 rings (SSSR count). The molecule has 1 saturated carbocycles. The fourth-order valence-electron chi connectivity index (χ4n) is 3.26. The van der Waals surface area contributed by atoms with Crippen LogP contribution in [0.3, 0.4) is 0 Å². The molecule has 2 unspecified atom stereocenters. The predicted molar refractivity (Wildman–Crippen MR) is 94.1 cm³/mol. The van der Waals surface area contributed by atoms with Crippen molar-refractivity contribution in [1.82, 2.24) is 4.90 Å². The Hall–Kier alpha value is -1.06. The lowest BCUT2D eigenvalue weighted by Crippen LogP contribution is -2.53. The fourth-order valence-corrected chi connectivity index (χ4v) is 3.26. The van der Waals surface area contributed by atoms with Crippen LogP contribution in [0, 0.1) is 5.92 Å². The summed E-state index contributed by atoms with van der Waals surface area (Å²) in [5, 5.41) is 0. The Kier molecular flexibility index (Phi) is 6.89. The van der Waals surface area contributed by atoms with Crippen LogP contribution < -0.4 is 5.73 Å². The highest BCUT2D eigenvalue weighted by Crippen LogP contribution is 2.32. The molecule has 0 spiro atoms. The summed E-state index contributed by atoms with van der Waals surface area (Å²) in [6.07, 6.45) is 5.16. The molecule has 0 heterocycles. The number of aryl methyl sites for hydroxylation is 1. The number of amides is 1. The van der Waals surface area contributed by atoms with Crippen LogP contribution in [0.15, 0.2) is 24.3 Å². The first-order valence-corrected chi connectivity index (χ1v) is 8.05. The van der Waals surface area contributed by atoms with Crippen LogP contribution in [0.25, 0.3) is 0 Å². The van der Waals surface area contributed by atoms with Crippen LogP contribution >= 0.6 is 12.4 Å². The maximum absolute atomic E-state index is 12.7. The molecule has 0 aliphatic heterocycles. The molecule has 1 aliphatic rings. The number of benzene rings is 1. The first-order valence-electron chi connectivity index (χ1n) is 8.05. The number of halogens is 1. The number of carbonyl (C=O) groups excluding carboxylic acids is 1. The van der Waals surface area contributed by atoms with Crippen molar-refractivity contribution in [3.05, 3.63) is 35.4 Å². The highest BCUT2D eigenvalue weighted by molar-refractivity contribution is 5.85. The smallest absolute Gasteiger partial charge is 0.227 e. The van der Waals surface area contributed by atoms with E-state index in [-0.39, 0.29) is 29.8 Å². The number of carbonyl (C=O) groups is 1. The zero-order valence-corrected chi connectivity index (χ0v) is 14.8. The zero-order valence-electron chi connectivity index (χ0n) is 14.0. The summed E-state index contributed by atoms with van der Waals surface area (Å²) in [6, 6.07) is 8.51. The van der Waals surface area contributed by atoms with E-state index in [1.54, 1.807) is 0 Å². The van der Waals surface area contributed by atoms with E-state index < -0.39 is 0 Å². The Morgan fingerprint density at radius 1 is 1.27 bits per heavy atom. The van der Waals surface area contributed by atoms with Gasteiger partial charge in [-0.2, -0.15) is 0 Å². The Morgan fingerprint density at radius 3 is 2.41 bits per heavy atom. The summed E-state index contributed by atoms with van der Waals surface area (Å²) in [5.74, 6) is 0.158. The predicted octanol–water partition coefficient (Wildman–Crippen LogP) is 3.54. The van der Waals surface area contributed by atoms with Gasteiger partial charge in [-0.15, -0.1) is 12.4 Å². The van der Waals surface area contributed by atoms with E-state index in [2.05, 4.69) is 31.2 Å². The molecule has 1 fully saturated rings. The van der Waals surface area contributed by atoms with Gasteiger partial charge < -0.3 is 10.6 Å². The largest absolute Gasteiger partial charge is 0.341 e. The van der Waals surface area contributed by atoms with Crippen LogP contribution in [0.5, 0.6) is 0 Å². The lowest BCUT2D eigenvalue weighted by Gasteiger charge is -2.39. The maximum Gasteiger partial charge on any atom is 0.227 e. The Labute approximate surface area is 140 Å². The molecule has 1 aromatic carbocycles. The number of nitrogens with zero attached hydrogens (tertiary/aromatic N) is 1. The van der Waals surface area contributed by atoms with Gasteiger partial charge in [0, 0.05) is 19.1 Å². The van der Waals surface area contributed by atoms with Gasteiger partial charge in [-0.1, -0.05) is 44.0 Å². The lowest BCUT2D eigenvalue weighted by atomic mass is 9.74. The van der Waals surface area contributed by atoms with Gasteiger partial charge in [0.1, 0.15) is 0 Å². The van der Waals surface area contributed by atoms with Gasteiger partial charge in [0.05, 0.1) is 5.92 Å². The van der Waals surface area contributed by atoms with Crippen molar-refractivity contribution in [3.8, 4) is 0 Å². The van der Waals surface area contributed by atoms with Gasteiger partial charge in [0.25, 0.3) is 0 Å². The van der Waals surface area contributed by atoms with E-state index in [1.807, 2.05) is 18.9 Å². The Balaban J connectivity index is 0.00000242. The van der Waals surface area contributed by atoms with Crippen LogP contribution in [0.1, 0.15) is 50.7 Å². The minimum absolute atomic E-state index is 0. The van der Waals surface area contributed by atoms with Crippen molar-refractivity contribution in [2.75, 3.05) is 7.05 Å². The van der Waals surface area contributed by atoms with Gasteiger partial charge in [-0.25, -0.2) is 0 Å². The van der Waals surface area contributed by atoms with E-state index in [9.17, 15) is 4.79 Å². The molecular formula is C18H29ClN2O. The first-order chi connectivity index (χ1) is 9.94. The molecule has 0 bridgehead atoms. The normalized spacial score (nSPS) is 24.5. The van der Waals surface area contributed by atoms with Crippen molar-refractivity contribution >= 4 is 18.3 Å². The molecule has 2 N–H and O–H groups in total. The van der Waals surface area contributed by atoms with Gasteiger partial charge in [-0.3, -0.25) is 4.79 Å². The minimum atomic E-state index is -0.352. The fraction of sp³-hybridized carbons (Fsp3) is 0.611. The lowest BCUT2D eigenvalue weighted by molar-refractivity contribution is -0.138. The third-order valence-electron chi connectivity index (χ3n) is 4.78. The number of nitrogens with two attached hydrogens (primary N) is 1. The van der Waals surface area contributed by atoms with E-state index >= 15 is 0 Å². The quantitative estimate of drug-likeness (QED) is 0.920. The number of hydrogen-bond donors (Lipinski definition) is 1. The summed E-state index contributed by atoms with van der Waals surface area (Å²) < 4.78 is 0. The molecule has 0 saturated heterocycles. The second-order valence-corrected chi connectivity index (χ2v) is 6.67. The Morgan fingerprint density at radius 2 is 1.86 bits per heavy atom. The zero-order chi connectivity index (χ0) is 15.5. The SMILES string of the molecule is CCc1ccc(CN(C)C(=O)C2CCCCC2(C)N)cc1.Cl. The molecule has 1 amide bonds. The summed E-state index contributed by atoms with van der Waals surface area (Å²) in [5.41, 5.74) is 8.50. The molecule has 124 valence electrons. The second kappa shape index (κ2) is 7.98. The van der Waals surface area contributed by atoms with Crippen molar-refractivity contribution < 1.29 is 4.79 Å². The summed E-state index contributed by atoms with van der Waals surface area (Å²) in [7, 11) is 1.89. The molecule has 22 heavy (non-hydrogen) atoms. The van der Waals surface area contributed by atoms with E-state index in [1.165, 1.54) is 11.1 Å². The van der Waals surface area contributed by atoms with Crippen LogP contribution in [-0.4, -0.2) is 23.4 Å². The number of rotatable bonds is 4. The maximum atomic E-state index is 12.7. The van der Waals surface area contributed by atoms with Crippen molar-refractivity contribution in [2.24, 2.45) is 11.7 Å². The minimum Gasteiger partial charge on any atom is -0.341 e. The molecule has 0 aromatic heterocycles. The average Bonchev–Trinajstić information content (AvgIpc) is 2.47. The highest BCUT2D eigenvalue weighted by Gasteiger charge is 2.38. The molecule has 4 heteroatoms. The van der Waals surface area contributed by atoms with E-state index in [0.29, 0.717) is 6.54 Å². The molecule has 2 atom stereocenters. The van der Waals surface area contributed by atoms with Crippen molar-refractivity contribution in [1.29, 1.82) is 0 Å². The number of hydrogen-bond acceptors (Lipinski definition) is 2. The molecule has 0 radical (unpaired) electrons. The van der Waals surface area contributed by atoms with Crippen LogP contribution in [0.2, 0.25) is 0 Å². The van der Waals surface area contributed by atoms with Gasteiger partial charge in [0.2, 0.25) is 5.91 Å². The van der Waals surface area contributed by atoms with Crippen molar-refractivity contribution in [2.45, 2.75) is 58.0 Å².